The molecule has 1 aromatic carbocycles. The lowest BCUT2D eigenvalue weighted by atomic mass is 10.0. The molecule has 2 atom stereocenters. The van der Waals surface area contributed by atoms with E-state index in [-0.39, 0.29) is 11.8 Å². The van der Waals surface area contributed by atoms with Gasteiger partial charge in [0.25, 0.3) is 0 Å². The molecule has 2 unspecified atom stereocenters. The van der Waals surface area contributed by atoms with Crippen LogP contribution in [0.15, 0.2) is 18.2 Å². The van der Waals surface area contributed by atoms with Crippen molar-refractivity contribution in [2.45, 2.75) is 19.3 Å². The molecular formula is C13H13Cl2NO3. The second kappa shape index (κ2) is 5.80. The maximum absolute atomic E-state index is 12.0. The molecule has 1 saturated carbocycles. The largest absolute Gasteiger partial charge is 0.481 e. The SMILES string of the molecule is O=C(O)C1CCC(C(=O)Nc2ccc(Cl)cc2Cl)C1. The van der Waals surface area contributed by atoms with Crippen LogP contribution in [-0.2, 0) is 9.59 Å². The Bertz CT molecular complexity index is 519. The van der Waals surface area contributed by atoms with Crippen LogP contribution in [0.2, 0.25) is 10.0 Å². The number of nitrogens with one attached hydrogen (secondary N) is 1. The van der Waals surface area contributed by atoms with Crippen LogP contribution in [0.5, 0.6) is 0 Å². The summed E-state index contributed by atoms with van der Waals surface area (Å²) in [5, 5.41) is 12.5. The minimum absolute atomic E-state index is 0.187. The van der Waals surface area contributed by atoms with E-state index in [4.69, 9.17) is 28.3 Å². The number of amides is 1. The summed E-state index contributed by atoms with van der Waals surface area (Å²) < 4.78 is 0. The molecule has 102 valence electrons. The highest BCUT2D eigenvalue weighted by Gasteiger charge is 2.33. The van der Waals surface area contributed by atoms with E-state index < -0.39 is 11.9 Å². The zero-order valence-electron chi connectivity index (χ0n) is 10.0. The van der Waals surface area contributed by atoms with Crippen molar-refractivity contribution in [1.82, 2.24) is 0 Å². The number of benzene rings is 1. The summed E-state index contributed by atoms with van der Waals surface area (Å²) in [6.45, 7) is 0. The zero-order chi connectivity index (χ0) is 14.0. The van der Waals surface area contributed by atoms with E-state index in [1.807, 2.05) is 0 Å². The van der Waals surface area contributed by atoms with Crippen molar-refractivity contribution in [2.75, 3.05) is 5.32 Å². The fourth-order valence-electron chi connectivity index (χ4n) is 2.27. The average Bonchev–Trinajstić information content (AvgIpc) is 2.82. The zero-order valence-corrected chi connectivity index (χ0v) is 11.5. The Balaban J connectivity index is 2.00. The predicted molar refractivity (Wildman–Crippen MR) is 73.6 cm³/mol. The first kappa shape index (κ1) is 14.2. The van der Waals surface area contributed by atoms with Gasteiger partial charge in [0.15, 0.2) is 0 Å². The highest BCUT2D eigenvalue weighted by molar-refractivity contribution is 6.36. The molecule has 1 aromatic rings. The van der Waals surface area contributed by atoms with Gasteiger partial charge >= 0.3 is 5.97 Å². The number of aliphatic carboxylic acids is 1. The van der Waals surface area contributed by atoms with Gasteiger partial charge < -0.3 is 10.4 Å². The lowest BCUT2D eigenvalue weighted by Crippen LogP contribution is -2.21. The fraction of sp³-hybridized carbons (Fsp3) is 0.385. The first-order valence-electron chi connectivity index (χ1n) is 5.96. The van der Waals surface area contributed by atoms with Crippen LogP contribution >= 0.6 is 23.2 Å². The Morgan fingerprint density at radius 1 is 1.21 bits per heavy atom. The maximum Gasteiger partial charge on any atom is 0.306 e. The molecule has 1 amide bonds. The van der Waals surface area contributed by atoms with Crippen LogP contribution in [0.4, 0.5) is 5.69 Å². The number of carbonyl (C=O) groups excluding carboxylic acids is 1. The minimum Gasteiger partial charge on any atom is -0.481 e. The van der Waals surface area contributed by atoms with Crippen molar-refractivity contribution < 1.29 is 14.7 Å². The molecule has 0 radical (unpaired) electrons. The standard InChI is InChI=1S/C13H13Cl2NO3/c14-9-3-4-11(10(15)6-9)16-12(17)7-1-2-8(5-7)13(18)19/h3-4,6-8H,1-2,5H2,(H,16,17)(H,18,19). The van der Waals surface area contributed by atoms with Gasteiger partial charge in [-0.15, -0.1) is 0 Å². The van der Waals surface area contributed by atoms with E-state index in [0.29, 0.717) is 35.0 Å². The third-order valence-electron chi connectivity index (χ3n) is 3.34. The molecule has 0 aliphatic heterocycles. The third kappa shape index (κ3) is 3.39. The van der Waals surface area contributed by atoms with Gasteiger partial charge in [-0.05, 0) is 37.5 Å². The van der Waals surface area contributed by atoms with Crippen molar-refractivity contribution in [3.8, 4) is 0 Å². The van der Waals surface area contributed by atoms with Gasteiger partial charge in [-0.2, -0.15) is 0 Å². The molecule has 0 aromatic heterocycles. The molecule has 0 bridgehead atoms. The number of hydrogen-bond acceptors (Lipinski definition) is 2. The summed E-state index contributed by atoms with van der Waals surface area (Å²) in [7, 11) is 0. The summed E-state index contributed by atoms with van der Waals surface area (Å²) in [4.78, 5) is 22.9. The Morgan fingerprint density at radius 2 is 1.89 bits per heavy atom. The molecule has 0 saturated heterocycles. The summed E-state index contributed by atoms with van der Waals surface area (Å²) in [5.41, 5.74) is 0.495. The molecular weight excluding hydrogens is 289 g/mol. The molecule has 2 N–H and O–H groups in total. The Hall–Kier alpha value is -1.26. The van der Waals surface area contributed by atoms with E-state index in [1.165, 1.54) is 0 Å². The predicted octanol–water partition coefficient (Wildman–Crippen LogP) is 3.43. The van der Waals surface area contributed by atoms with E-state index in [2.05, 4.69) is 5.32 Å². The summed E-state index contributed by atoms with van der Waals surface area (Å²) in [6.07, 6.45) is 1.52. The van der Waals surface area contributed by atoms with Crippen molar-refractivity contribution in [3.63, 3.8) is 0 Å². The van der Waals surface area contributed by atoms with Gasteiger partial charge in [-0.25, -0.2) is 0 Å². The van der Waals surface area contributed by atoms with Crippen LogP contribution in [0, 0.1) is 11.8 Å². The molecule has 6 heteroatoms. The first-order valence-corrected chi connectivity index (χ1v) is 6.71. The Kier molecular flexibility index (Phi) is 4.32. The highest BCUT2D eigenvalue weighted by atomic mass is 35.5. The van der Waals surface area contributed by atoms with Gasteiger partial charge in [0.2, 0.25) is 5.91 Å². The number of halogens is 2. The maximum atomic E-state index is 12.0. The van der Waals surface area contributed by atoms with E-state index in [9.17, 15) is 9.59 Å². The normalized spacial score (nSPS) is 22.2. The lowest BCUT2D eigenvalue weighted by molar-refractivity contribution is -0.141. The topological polar surface area (TPSA) is 66.4 Å². The average molecular weight is 302 g/mol. The number of carbonyl (C=O) groups is 2. The van der Waals surface area contributed by atoms with Crippen LogP contribution in [-0.4, -0.2) is 17.0 Å². The molecule has 1 fully saturated rings. The number of carboxylic acid groups (broad SMARTS) is 1. The second-order valence-electron chi connectivity index (χ2n) is 4.66. The Morgan fingerprint density at radius 3 is 2.47 bits per heavy atom. The molecule has 19 heavy (non-hydrogen) atoms. The monoisotopic (exact) mass is 301 g/mol. The van der Waals surface area contributed by atoms with Crippen molar-refractivity contribution in [2.24, 2.45) is 11.8 Å². The van der Waals surface area contributed by atoms with Gasteiger partial charge in [0.05, 0.1) is 16.6 Å². The van der Waals surface area contributed by atoms with Crippen molar-refractivity contribution in [1.29, 1.82) is 0 Å². The Labute approximate surface area is 120 Å². The second-order valence-corrected chi connectivity index (χ2v) is 5.50. The lowest BCUT2D eigenvalue weighted by Gasteiger charge is -2.12. The number of rotatable bonds is 3. The molecule has 2 rings (SSSR count). The summed E-state index contributed by atoms with van der Waals surface area (Å²) in [6, 6.07) is 4.82. The smallest absolute Gasteiger partial charge is 0.306 e. The van der Waals surface area contributed by atoms with Crippen LogP contribution in [0.25, 0.3) is 0 Å². The fourth-order valence-corrected chi connectivity index (χ4v) is 2.73. The molecule has 0 heterocycles. The number of carboxylic acids is 1. The van der Waals surface area contributed by atoms with Crippen LogP contribution in [0.3, 0.4) is 0 Å². The molecule has 1 aliphatic rings. The van der Waals surface area contributed by atoms with Crippen LogP contribution in [0.1, 0.15) is 19.3 Å². The van der Waals surface area contributed by atoms with Crippen LogP contribution < -0.4 is 5.32 Å². The van der Waals surface area contributed by atoms with Crippen molar-refractivity contribution >= 4 is 40.8 Å². The summed E-state index contributed by atoms with van der Waals surface area (Å²) >= 11 is 11.7. The van der Waals surface area contributed by atoms with Gasteiger partial charge in [-0.1, -0.05) is 23.2 Å². The summed E-state index contributed by atoms with van der Waals surface area (Å²) in [5.74, 6) is -1.71. The van der Waals surface area contributed by atoms with Gasteiger partial charge in [-0.3, -0.25) is 9.59 Å². The highest BCUT2D eigenvalue weighted by Crippen LogP contribution is 2.33. The number of anilines is 1. The van der Waals surface area contributed by atoms with E-state index >= 15 is 0 Å². The number of hydrogen-bond donors (Lipinski definition) is 2. The van der Waals surface area contributed by atoms with E-state index in [1.54, 1.807) is 18.2 Å². The third-order valence-corrected chi connectivity index (χ3v) is 3.89. The molecule has 4 nitrogen and oxygen atoms in total. The minimum atomic E-state index is -0.833. The van der Waals surface area contributed by atoms with Gasteiger partial charge in [0.1, 0.15) is 0 Å². The first-order chi connectivity index (χ1) is 8.97. The van der Waals surface area contributed by atoms with E-state index in [0.717, 1.165) is 0 Å². The van der Waals surface area contributed by atoms with Crippen molar-refractivity contribution in [3.05, 3.63) is 28.2 Å². The molecule has 1 aliphatic carbocycles. The van der Waals surface area contributed by atoms with Gasteiger partial charge in [0, 0.05) is 10.9 Å². The quantitative estimate of drug-likeness (QED) is 0.899. The molecule has 0 spiro atoms.